The van der Waals surface area contributed by atoms with Crippen LogP contribution < -0.4 is 5.73 Å². The van der Waals surface area contributed by atoms with Crippen LogP contribution >= 0.6 is 11.8 Å². The van der Waals surface area contributed by atoms with Gasteiger partial charge in [-0.15, -0.1) is 11.8 Å². The van der Waals surface area contributed by atoms with Crippen molar-refractivity contribution in [3.8, 4) is 0 Å². The van der Waals surface area contributed by atoms with Crippen LogP contribution in [0.15, 0.2) is 91.0 Å². The van der Waals surface area contributed by atoms with Crippen molar-refractivity contribution < 1.29 is 9.90 Å². The van der Waals surface area contributed by atoms with Gasteiger partial charge in [-0.05, 0) is 29.5 Å². The third-order valence-corrected chi connectivity index (χ3v) is 6.61. The van der Waals surface area contributed by atoms with Crippen LogP contribution in [0.2, 0.25) is 0 Å². The number of carbonyl (C=O) groups is 1. The Morgan fingerprint density at radius 2 is 1.32 bits per heavy atom. The van der Waals surface area contributed by atoms with Crippen molar-refractivity contribution >= 4 is 17.7 Å². The molecule has 3 aromatic carbocycles. The maximum absolute atomic E-state index is 11.3. The first-order chi connectivity index (χ1) is 13.6. The molecule has 0 heterocycles. The lowest BCUT2D eigenvalue weighted by Crippen LogP contribution is -2.35. The number of rotatable bonds is 9. The van der Waals surface area contributed by atoms with Crippen molar-refractivity contribution in [1.82, 2.24) is 0 Å². The summed E-state index contributed by atoms with van der Waals surface area (Å²) in [5.41, 5.74) is 9.47. The van der Waals surface area contributed by atoms with Crippen LogP contribution in [-0.2, 0) is 16.0 Å². The molecule has 28 heavy (non-hydrogen) atoms. The van der Waals surface area contributed by atoms with Crippen LogP contribution in [0.4, 0.5) is 0 Å². The van der Waals surface area contributed by atoms with E-state index in [9.17, 15) is 9.90 Å². The van der Waals surface area contributed by atoms with Gasteiger partial charge < -0.3 is 10.8 Å². The molecule has 0 saturated heterocycles. The fraction of sp³-hybridized carbons (Fsp3) is 0.208. The second-order valence-electron chi connectivity index (χ2n) is 6.80. The van der Waals surface area contributed by atoms with Crippen LogP contribution in [0, 0.1) is 0 Å². The third-order valence-electron chi connectivity index (χ3n) is 4.92. The first-order valence-corrected chi connectivity index (χ1v) is 10.4. The van der Waals surface area contributed by atoms with Gasteiger partial charge in [-0.3, -0.25) is 4.79 Å². The Hall–Kier alpha value is -2.56. The van der Waals surface area contributed by atoms with Crippen LogP contribution in [0.25, 0.3) is 0 Å². The molecular formula is C24H25NO2S. The first-order valence-electron chi connectivity index (χ1n) is 9.39. The Kier molecular flexibility index (Phi) is 6.90. The number of carboxylic acids is 1. The maximum Gasteiger partial charge on any atom is 0.321 e. The molecule has 0 amide bonds. The highest BCUT2D eigenvalue weighted by molar-refractivity contribution is 8.00. The minimum absolute atomic E-state index is 0.341. The summed E-state index contributed by atoms with van der Waals surface area (Å²) in [7, 11) is 0. The van der Waals surface area contributed by atoms with Gasteiger partial charge in [0.15, 0.2) is 0 Å². The second-order valence-corrected chi connectivity index (χ2v) is 8.12. The summed E-state index contributed by atoms with van der Waals surface area (Å²) in [6, 6.07) is 30.1. The zero-order chi connectivity index (χ0) is 19.8. The second kappa shape index (κ2) is 9.58. The van der Waals surface area contributed by atoms with Gasteiger partial charge in [0.1, 0.15) is 6.04 Å². The average molecular weight is 392 g/mol. The Labute approximate surface area is 170 Å². The van der Waals surface area contributed by atoms with Crippen molar-refractivity contribution in [2.45, 2.75) is 23.6 Å². The lowest BCUT2D eigenvalue weighted by atomic mass is 9.85. The van der Waals surface area contributed by atoms with Crippen molar-refractivity contribution in [3.63, 3.8) is 0 Å². The molecule has 0 unspecified atom stereocenters. The van der Waals surface area contributed by atoms with Gasteiger partial charge in [0.05, 0.1) is 4.75 Å². The molecular weight excluding hydrogens is 366 g/mol. The Balaban J connectivity index is 2.01. The first kappa shape index (κ1) is 20.2. The number of carboxylic acid groups (broad SMARTS) is 1. The Bertz CT molecular complexity index is 829. The summed E-state index contributed by atoms with van der Waals surface area (Å²) in [5.74, 6) is -0.626. The Morgan fingerprint density at radius 3 is 1.79 bits per heavy atom. The van der Waals surface area contributed by atoms with Gasteiger partial charge >= 0.3 is 5.97 Å². The molecule has 0 saturated carbocycles. The molecule has 0 aliphatic carbocycles. The van der Waals surface area contributed by atoms with Crippen LogP contribution in [0.5, 0.6) is 0 Å². The summed E-state index contributed by atoms with van der Waals surface area (Å²) in [6.07, 6.45) is 1.74. The monoisotopic (exact) mass is 391 g/mol. The highest BCUT2D eigenvalue weighted by atomic mass is 32.2. The third kappa shape index (κ3) is 4.83. The van der Waals surface area contributed by atoms with Crippen molar-refractivity contribution in [3.05, 3.63) is 108 Å². The summed E-state index contributed by atoms with van der Waals surface area (Å²) in [6.45, 7) is 0. The minimum atomic E-state index is -0.967. The highest BCUT2D eigenvalue weighted by Gasteiger charge is 2.35. The van der Waals surface area contributed by atoms with E-state index in [-0.39, 0.29) is 4.75 Å². The molecule has 4 heteroatoms. The van der Waals surface area contributed by atoms with E-state index in [1.165, 1.54) is 16.7 Å². The molecule has 0 aromatic heterocycles. The summed E-state index contributed by atoms with van der Waals surface area (Å²) in [4.78, 5) is 11.3. The number of benzene rings is 3. The quantitative estimate of drug-likeness (QED) is 0.555. The number of aliphatic carboxylic acids is 1. The number of aryl methyl sites for hydroxylation is 1. The molecule has 3 rings (SSSR count). The molecule has 3 N–H and O–H groups in total. The predicted molar refractivity (Wildman–Crippen MR) is 116 cm³/mol. The van der Waals surface area contributed by atoms with E-state index in [1.807, 2.05) is 42.5 Å². The summed E-state index contributed by atoms with van der Waals surface area (Å²) < 4.78 is -0.370. The van der Waals surface area contributed by atoms with Gasteiger partial charge in [0.25, 0.3) is 0 Å². The predicted octanol–water partition coefficient (Wildman–Crippen LogP) is 4.71. The van der Waals surface area contributed by atoms with Gasteiger partial charge in [0, 0.05) is 5.75 Å². The smallest absolute Gasteiger partial charge is 0.321 e. The van der Waals surface area contributed by atoms with Gasteiger partial charge in [-0.1, -0.05) is 91.0 Å². The molecule has 0 spiro atoms. The van der Waals surface area contributed by atoms with E-state index in [0.717, 1.165) is 12.8 Å². The van der Waals surface area contributed by atoms with E-state index in [0.29, 0.717) is 5.75 Å². The normalized spacial score (nSPS) is 12.5. The number of nitrogens with two attached hydrogens (primary N) is 1. The standard InChI is InChI=1S/C24H25NO2S/c25-22(23(26)27)18-28-24(20-12-6-2-7-13-20,21-14-8-3-9-15-21)17-16-19-10-4-1-5-11-19/h1-15,22H,16-18,25H2,(H,26,27)/t22-/m0/s1. The molecule has 0 bridgehead atoms. The van der Waals surface area contributed by atoms with E-state index in [1.54, 1.807) is 11.8 Å². The molecule has 1 atom stereocenters. The molecule has 3 aromatic rings. The molecule has 144 valence electrons. The van der Waals surface area contributed by atoms with Crippen molar-refractivity contribution in [1.29, 1.82) is 0 Å². The van der Waals surface area contributed by atoms with Crippen molar-refractivity contribution in [2.24, 2.45) is 5.73 Å². The number of hydrogen-bond donors (Lipinski definition) is 2. The lowest BCUT2D eigenvalue weighted by molar-refractivity contribution is -0.137. The minimum Gasteiger partial charge on any atom is -0.480 e. The summed E-state index contributed by atoms with van der Waals surface area (Å²) >= 11 is 1.63. The summed E-state index contributed by atoms with van der Waals surface area (Å²) in [5, 5.41) is 9.29. The average Bonchev–Trinajstić information content (AvgIpc) is 2.76. The largest absolute Gasteiger partial charge is 0.480 e. The zero-order valence-corrected chi connectivity index (χ0v) is 16.5. The topological polar surface area (TPSA) is 63.3 Å². The molecule has 3 nitrogen and oxygen atoms in total. The van der Waals surface area contributed by atoms with Crippen LogP contribution in [0.3, 0.4) is 0 Å². The molecule has 0 aliphatic rings. The van der Waals surface area contributed by atoms with Gasteiger partial charge in [-0.25, -0.2) is 0 Å². The van der Waals surface area contributed by atoms with E-state index >= 15 is 0 Å². The van der Waals surface area contributed by atoms with Gasteiger partial charge in [-0.2, -0.15) is 0 Å². The zero-order valence-electron chi connectivity index (χ0n) is 15.7. The number of hydrogen-bond acceptors (Lipinski definition) is 3. The SMILES string of the molecule is N[C@@H](CSC(CCc1ccccc1)(c1ccccc1)c1ccccc1)C(=O)O. The van der Waals surface area contributed by atoms with Gasteiger partial charge in [0.2, 0.25) is 0 Å². The molecule has 0 aliphatic heterocycles. The Morgan fingerprint density at radius 1 is 0.857 bits per heavy atom. The highest BCUT2D eigenvalue weighted by Crippen LogP contribution is 2.46. The fourth-order valence-corrected chi connectivity index (χ4v) is 4.84. The van der Waals surface area contributed by atoms with E-state index < -0.39 is 12.0 Å². The van der Waals surface area contributed by atoms with Crippen LogP contribution in [0.1, 0.15) is 23.1 Å². The van der Waals surface area contributed by atoms with E-state index in [4.69, 9.17) is 5.73 Å². The van der Waals surface area contributed by atoms with Crippen LogP contribution in [-0.4, -0.2) is 22.9 Å². The number of thioether (sulfide) groups is 1. The maximum atomic E-state index is 11.3. The van der Waals surface area contributed by atoms with Crippen molar-refractivity contribution in [2.75, 3.05) is 5.75 Å². The molecule has 0 fully saturated rings. The fourth-order valence-electron chi connectivity index (χ4n) is 3.38. The molecule has 0 radical (unpaired) electrons. The van der Waals surface area contributed by atoms with E-state index in [2.05, 4.69) is 48.5 Å². The lowest BCUT2D eigenvalue weighted by Gasteiger charge is -2.35.